The Morgan fingerprint density at radius 2 is 1.48 bits per heavy atom. The van der Waals surface area contributed by atoms with Crippen molar-refractivity contribution in [3.05, 3.63) is 71.8 Å². The van der Waals surface area contributed by atoms with E-state index in [9.17, 15) is 18.0 Å². The number of nitrogens with zero attached hydrogens (tertiary/aromatic N) is 2. The molecule has 0 spiro atoms. The number of amides is 2. The highest BCUT2D eigenvalue weighted by molar-refractivity contribution is 7.91. The van der Waals surface area contributed by atoms with E-state index in [0.717, 1.165) is 11.1 Å². The molecule has 1 heterocycles. The van der Waals surface area contributed by atoms with Crippen LogP contribution in [0, 0.1) is 0 Å². The summed E-state index contributed by atoms with van der Waals surface area (Å²) in [5, 5.41) is 0. The van der Waals surface area contributed by atoms with Crippen LogP contribution in [0.25, 0.3) is 0 Å². The summed E-state index contributed by atoms with van der Waals surface area (Å²) in [6.45, 7) is 0.960. The molecule has 0 saturated carbocycles. The molecule has 31 heavy (non-hydrogen) atoms. The lowest BCUT2D eigenvalue weighted by atomic mass is 10.1. The van der Waals surface area contributed by atoms with E-state index in [1.807, 2.05) is 60.7 Å². The summed E-state index contributed by atoms with van der Waals surface area (Å²) in [5.74, 6) is -1.42. The molecule has 7 nitrogen and oxygen atoms in total. The predicted molar refractivity (Wildman–Crippen MR) is 118 cm³/mol. The minimum atomic E-state index is -3.20. The van der Waals surface area contributed by atoms with Crippen LogP contribution in [0.3, 0.4) is 0 Å². The van der Waals surface area contributed by atoms with Crippen LogP contribution in [-0.2, 0) is 37.3 Å². The third kappa shape index (κ3) is 6.38. The van der Waals surface area contributed by atoms with Crippen LogP contribution >= 0.6 is 0 Å². The molecule has 1 saturated heterocycles. The van der Waals surface area contributed by atoms with Gasteiger partial charge in [0, 0.05) is 32.8 Å². The van der Waals surface area contributed by atoms with Crippen LogP contribution in [0.1, 0.15) is 17.5 Å². The number of carbonyl (C=O) groups is 2. The Hall–Kier alpha value is -2.71. The number of carbonyl (C=O) groups excluding carboxylic acids is 2. The van der Waals surface area contributed by atoms with Crippen molar-refractivity contribution in [1.29, 1.82) is 0 Å². The van der Waals surface area contributed by atoms with Crippen molar-refractivity contribution in [2.24, 2.45) is 0 Å². The maximum atomic E-state index is 13.3. The lowest BCUT2D eigenvalue weighted by Crippen LogP contribution is -2.50. The van der Waals surface area contributed by atoms with Gasteiger partial charge in [0.2, 0.25) is 0 Å². The predicted octanol–water partition coefficient (Wildman–Crippen LogP) is 1.88. The molecule has 0 radical (unpaired) electrons. The van der Waals surface area contributed by atoms with E-state index in [4.69, 9.17) is 4.74 Å². The Balaban J connectivity index is 1.83. The first-order valence-corrected chi connectivity index (χ1v) is 12.1. The van der Waals surface area contributed by atoms with Gasteiger partial charge in [-0.2, -0.15) is 0 Å². The Labute approximate surface area is 183 Å². The average molecular weight is 445 g/mol. The minimum Gasteiger partial charge on any atom is -0.383 e. The second-order valence-corrected chi connectivity index (χ2v) is 9.91. The van der Waals surface area contributed by atoms with Gasteiger partial charge in [-0.25, -0.2) is 8.42 Å². The average Bonchev–Trinajstić information content (AvgIpc) is 3.13. The molecular formula is C23H28N2O5S. The van der Waals surface area contributed by atoms with Gasteiger partial charge in [0.15, 0.2) is 9.84 Å². The fourth-order valence-corrected chi connectivity index (χ4v) is 5.46. The topological polar surface area (TPSA) is 84.0 Å². The monoisotopic (exact) mass is 444 g/mol. The first-order chi connectivity index (χ1) is 14.9. The lowest BCUT2D eigenvalue weighted by Gasteiger charge is -2.30. The number of sulfone groups is 1. The van der Waals surface area contributed by atoms with Crippen molar-refractivity contribution in [2.75, 3.05) is 31.8 Å². The Kier molecular flexibility index (Phi) is 7.81. The molecule has 1 fully saturated rings. The molecule has 2 amide bonds. The Morgan fingerprint density at radius 3 is 1.94 bits per heavy atom. The molecule has 1 atom stereocenters. The van der Waals surface area contributed by atoms with Gasteiger partial charge in [-0.05, 0) is 17.5 Å². The van der Waals surface area contributed by atoms with Crippen molar-refractivity contribution >= 4 is 21.7 Å². The molecule has 0 aliphatic carbocycles. The second-order valence-electron chi connectivity index (χ2n) is 7.68. The molecule has 166 valence electrons. The van der Waals surface area contributed by atoms with Gasteiger partial charge in [0.1, 0.15) is 0 Å². The van der Waals surface area contributed by atoms with Gasteiger partial charge in [0.05, 0.1) is 18.1 Å². The van der Waals surface area contributed by atoms with E-state index < -0.39 is 27.7 Å². The van der Waals surface area contributed by atoms with Crippen molar-refractivity contribution in [2.45, 2.75) is 25.6 Å². The van der Waals surface area contributed by atoms with Crippen LogP contribution in [0.15, 0.2) is 60.7 Å². The summed E-state index contributed by atoms with van der Waals surface area (Å²) in [5.41, 5.74) is 1.82. The molecule has 1 unspecified atom stereocenters. The molecular weight excluding hydrogens is 416 g/mol. The van der Waals surface area contributed by atoms with Crippen LogP contribution in [0.5, 0.6) is 0 Å². The third-order valence-corrected chi connectivity index (χ3v) is 7.10. The van der Waals surface area contributed by atoms with Gasteiger partial charge in [0.25, 0.3) is 0 Å². The fourth-order valence-electron chi connectivity index (χ4n) is 3.73. The molecule has 2 aromatic carbocycles. The minimum absolute atomic E-state index is 0.0281. The largest absolute Gasteiger partial charge is 0.383 e. The van der Waals surface area contributed by atoms with Crippen molar-refractivity contribution < 1.29 is 22.7 Å². The number of methoxy groups -OCH3 is 1. The third-order valence-electron chi connectivity index (χ3n) is 5.35. The SMILES string of the molecule is COCCN(C(=O)C(=O)N(Cc1ccccc1)Cc1ccccc1)C1CCS(=O)(=O)C1. The summed E-state index contributed by atoms with van der Waals surface area (Å²) in [6.07, 6.45) is 0.336. The maximum absolute atomic E-state index is 13.3. The van der Waals surface area contributed by atoms with Crippen molar-refractivity contribution in [3.63, 3.8) is 0 Å². The summed E-state index contributed by atoms with van der Waals surface area (Å²) >= 11 is 0. The zero-order valence-corrected chi connectivity index (χ0v) is 18.5. The summed E-state index contributed by atoms with van der Waals surface area (Å²) in [7, 11) is -1.69. The maximum Gasteiger partial charge on any atom is 0.312 e. The first-order valence-electron chi connectivity index (χ1n) is 10.3. The number of hydrogen-bond acceptors (Lipinski definition) is 5. The molecule has 1 aliphatic heterocycles. The van der Waals surface area contributed by atoms with Crippen molar-refractivity contribution in [3.8, 4) is 0 Å². The molecule has 2 aromatic rings. The van der Waals surface area contributed by atoms with Gasteiger partial charge >= 0.3 is 11.8 Å². The van der Waals surface area contributed by atoms with Crippen molar-refractivity contribution in [1.82, 2.24) is 9.80 Å². The normalized spacial score (nSPS) is 17.3. The number of hydrogen-bond donors (Lipinski definition) is 0. The van der Waals surface area contributed by atoms with E-state index >= 15 is 0 Å². The van der Waals surface area contributed by atoms with Crippen LogP contribution in [0.2, 0.25) is 0 Å². The van der Waals surface area contributed by atoms with Crippen LogP contribution < -0.4 is 0 Å². The lowest BCUT2D eigenvalue weighted by molar-refractivity contribution is -0.154. The quantitative estimate of drug-likeness (QED) is 0.581. The molecule has 8 heteroatoms. The van der Waals surface area contributed by atoms with Gasteiger partial charge in [-0.3, -0.25) is 9.59 Å². The first kappa shape index (κ1) is 23.0. The summed E-state index contributed by atoms with van der Waals surface area (Å²) < 4.78 is 29.0. The number of rotatable bonds is 8. The second kappa shape index (κ2) is 10.5. The highest BCUT2D eigenvalue weighted by Gasteiger charge is 2.38. The molecule has 1 aliphatic rings. The fraction of sp³-hybridized carbons (Fsp3) is 0.391. The molecule has 0 bridgehead atoms. The summed E-state index contributed by atoms with van der Waals surface area (Å²) in [6, 6.07) is 18.4. The Morgan fingerprint density at radius 1 is 0.935 bits per heavy atom. The van der Waals surface area contributed by atoms with E-state index in [2.05, 4.69) is 0 Å². The van der Waals surface area contributed by atoms with E-state index in [0.29, 0.717) is 6.42 Å². The van der Waals surface area contributed by atoms with E-state index in [1.54, 1.807) is 0 Å². The highest BCUT2D eigenvalue weighted by atomic mass is 32.2. The van der Waals surface area contributed by atoms with Crippen LogP contribution in [-0.4, -0.2) is 67.8 Å². The highest BCUT2D eigenvalue weighted by Crippen LogP contribution is 2.19. The standard InChI is InChI=1S/C23H28N2O5S/c1-30-14-13-25(21-12-15-31(28,29)18-21)23(27)22(26)24(16-19-8-4-2-5-9-19)17-20-10-6-3-7-11-20/h2-11,21H,12-18H2,1H3. The van der Waals surface area contributed by atoms with Gasteiger partial charge in [-0.1, -0.05) is 60.7 Å². The molecule has 0 aromatic heterocycles. The van der Waals surface area contributed by atoms with Gasteiger partial charge < -0.3 is 14.5 Å². The Bertz CT molecular complexity index is 938. The summed E-state index contributed by atoms with van der Waals surface area (Å²) in [4.78, 5) is 29.5. The smallest absolute Gasteiger partial charge is 0.312 e. The van der Waals surface area contributed by atoms with E-state index in [1.165, 1.54) is 16.9 Å². The molecule has 3 rings (SSSR count). The van der Waals surface area contributed by atoms with Gasteiger partial charge in [-0.15, -0.1) is 0 Å². The number of benzene rings is 2. The van der Waals surface area contributed by atoms with E-state index in [-0.39, 0.29) is 37.7 Å². The number of ether oxygens (including phenoxy) is 1. The van der Waals surface area contributed by atoms with Crippen LogP contribution in [0.4, 0.5) is 0 Å². The zero-order valence-electron chi connectivity index (χ0n) is 17.6. The zero-order chi connectivity index (χ0) is 22.3. The molecule has 0 N–H and O–H groups in total.